The van der Waals surface area contributed by atoms with Gasteiger partial charge < -0.3 is 15.2 Å². The molecule has 0 aromatic heterocycles. The van der Waals surface area contributed by atoms with Gasteiger partial charge in [-0.1, -0.05) is 0 Å². The Kier molecular flexibility index (Phi) is 7.24. The molecule has 1 rings (SSSR count). The number of hydrogen-bond acceptors (Lipinski definition) is 3. The van der Waals surface area contributed by atoms with E-state index in [9.17, 15) is 9.59 Å². The first kappa shape index (κ1) is 17.4. The van der Waals surface area contributed by atoms with E-state index >= 15 is 0 Å². The average molecular weight is 601 g/mol. The predicted molar refractivity (Wildman–Crippen MR) is 95.4 cm³/mol. The molecular formula is C11H10I3NO4. The van der Waals surface area contributed by atoms with E-state index in [1.807, 2.05) is 6.07 Å². The zero-order valence-electron chi connectivity index (χ0n) is 9.75. The summed E-state index contributed by atoms with van der Waals surface area (Å²) in [5, 5.41) is 11.4. The van der Waals surface area contributed by atoms with E-state index in [0.717, 1.165) is 10.7 Å². The molecule has 1 unspecified atom stereocenters. The molecule has 0 radical (unpaired) electrons. The maximum atomic E-state index is 12.0. The topological polar surface area (TPSA) is 75.6 Å². The molecule has 19 heavy (non-hydrogen) atoms. The third-order valence-corrected chi connectivity index (χ3v) is 5.91. The molecule has 0 aliphatic carbocycles. The molecule has 1 amide bonds. The first-order chi connectivity index (χ1) is 8.86. The van der Waals surface area contributed by atoms with E-state index in [4.69, 9.17) is 9.84 Å². The van der Waals surface area contributed by atoms with Gasteiger partial charge in [-0.2, -0.15) is 0 Å². The van der Waals surface area contributed by atoms with Crippen LogP contribution in [-0.2, 0) is 9.53 Å². The molecule has 2 N–H and O–H groups in total. The Bertz CT molecular complexity index is 507. The summed E-state index contributed by atoms with van der Waals surface area (Å²) >= 11 is 6.39. The summed E-state index contributed by atoms with van der Waals surface area (Å²) in [5.41, 5.74) is 0.539. The van der Waals surface area contributed by atoms with Crippen molar-refractivity contribution in [2.24, 2.45) is 0 Å². The van der Waals surface area contributed by atoms with Crippen LogP contribution < -0.4 is 5.32 Å². The quantitative estimate of drug-likeness (QED) is 0.402. The molecule has 104 valence electrons. The molecule has 0 saturated heterocycles. The second-order valence-corrected chi connectivity index (χ2v) is 7.01. The fraction of sp³-hybridized carbons (Fsp3) is 0.273. The second kappa shape index (κ2) is 7.93. The van der Waals surface area contributed by atoms with Crippen molar-refractivity contribution in [3.63, 3.8) is 0 Å². The number of aliphatic carboxylic acids is 1. The average Bonchev–Trinajstić information content (AvgIpc) is 2.33. The molecule has 0 bridgehead atoms. The third-order valence-electron chi connectivity index (χ3n) is 2.25. The van der Waals surface area contributed by atoms with Crippen LogP contribution in [0.15, 0.2) is 12.1 Å². The minimum atomic E-state index is -1.10. The fourth-order valence-electron chi connectivity index (χ4n) is 1.27. The van der Waals surface area contributed by atoms with Crippen LogP contribution in [-0.4, -0.2) is 36.7 Å². The minimum Gasteiger partial charge on any atom is -0.479 e. The summed E-state index contributed by atoms with van der Waals surface area (Å²) in [7, 11) is 1.29. The summed E-state index contributed by atoms with van der Waals surface area (Å²) in [6.45, 7) is -0.0667. The number of nitrogens with one attached hydrogen (secondary N) is 1. The van der Waals surface area contributed by atoms with E-state index in [-0.39, 0.29) is 12.5 Å². The summed E-state index contributed by atoms with van der Waals surface area (Å²) in [4.78, 5) is 22.8. The highest BCUT2D eigenvalue weighted by atomic mass is 127. The standard InChI is InChI=1S/C11H10I3NO4/c1-19-8(11(17)18)4-15-10(16)6-2-5(12)3-7(13)9(6)14/h2-3,8H,4H2,1H3,(H,15,16)(H,17,18). The van der Waals surface area contributed by atoms with Crippen LogP contribution in [0.2, 0.25) is 0 Å². The van der Waals surface area contributed by atoms with Gasteiger partial charge in [0, 0.05) is 17.8 Å². The number of ether oxygens (including phenoxy) is 1. The molecule has 1 aromatic rings. The number of methoxy groups -OCH3 is 1. The number of rotatable bonds is 5. The maximum absolute atomic E-state index is 12.0. The summed E-state index contributed by atoms with van der Waals surface area (Å²) in [6, 6.07) is 3.73. The molecule has 5 nitrogen and oxygen atoms in total. The van der Waals surface area contributed by atoms with Crippen LogP contribution in [0.5, 0.6) is 0 Å². The van der Waals surface area contributed by atoms with Crippen molar-refractivity contribution >= 4 is 79.6 Å². The van der Waals surface area contributed by atoms with Gasteiger partial charge in [0.05, 0.1) is 12.1 Å². The first-order valence-electron chi connectivity index (χ1n) is 5.05. The van der Waals surface area contributed by atoms with E-state index in [1.54, 1.807) is 6.07 Å². The minimum absolute atomic E-state index is 0.0667. The largest absolute Gasteiger partial charge is 0.479 e. The molecule has 0 aliphatic rings. The van der Waals surface area contributed by atoms with Crippen LogP contribution in [0.1, 0.15) is 10.4 Å². The van der Waals surface area contributed by atoms with E-state index in [1.165, 1.54) is 7.11 Å². The van der Waals surface area contributed by atoms with E-state index in [2.05, 4.69) is 73.1 Å². The number of carboxylic acids is 1. The van der Waals surface area contributed by atoms with Gasteiger partial charge in [-0.15, -0.1) is 0 Å². The highest BCUT2D eigenvalue weighted by molar-refractivity contribution is 14.1. The SMILES string of the molecule is COC(CNC(=O)c1cc(I)cc(I)c1I)C(=O)O. The number of carboxylic acid groups (broad SMARTS) is 1. The Morgan fingerprint density at radius 3 is 2.53 bits per heavy atom. The van der Waals surface area contributed by atoms with Crippen molar-refractivity contribution in [2.75, 3.05) is 13.7 Å². The summed E-state index contributed by atoms with van der Waals surface area (Å²) in [5.74, 6) is -1.40. The van der Waals surface area contributed by atoms with Gasteiger partial charge in [-0.3, -0.25) is 4.79 Å². The second-order valence-electron chi connectivity index (χ2n) is 3.52. The summed E-state index contributed by atoms with van der Waals surface area (Å²) < 4.78 is 7.54. The lowest BCUT2D eigenvalue weighted by Gasteiger charge is -2.13. The van der Waals surface area contributed by atoms with Gasteiger partial charge >= 0.3 is 5.97 Å². The lowest BCUT2D eigenvalue weighted by molar-refractivity contribution is -0.148. The maximum Gasteiger partial charge on any atom is 0.334 e. The Morgan fingerprint density at radius 2 is 2.00 bits per heavy atom. The molecule has 0 aliphatic heterocycles. The molecule has 8 heteroatoms. The molecular weight excluding hydrogens is 591 g/mol. The molecule has 0 spiro atoms. The van der Waals surface area contributed by atoms with Crippen LogP contribution in [0, 0.1) is 10.7 Å². The van der Waals surface area contributed by atoms with Gasteiger partial charge in [-0.05, 0) is 79.9 Å². The van der Waals surface area contributed by atoms with Crippen molar-refractivity contribution in [1.82, 2.24) is 5.32 Å². The summed E-state index contributed by atoms with van der Waals surface area (Å²) in [6.07, 6.45) is -1.04. The van der Waals surface area contributed by atoms with E-state index < -0.39 is 12.1 Å². The van der Waals surface area contributed by atoms with Crippen molar-refractivity contribution in [1.29, 1.82) is 0 Å². The fourth-order valence-corrected chi connectivity index (χ4v) is 3.67. The van der Waals surface area contributed by atoms with Gasteiger partial charge in [-0.25, -0.2) is 4.79 Å². The van der Waals surface area contributed by atoms with Gasteiger partial charge in [0.2, 0.25) is 0 Å². The number of benzene rings is 1. The normalized spacial score (nSPS) is 12.0. The number of hydrogen-bond donors (Lipinski definition) is 2. The number of halogens is 3. The van der Waals surface area contributed by atoms with Crippen molar-refractivity contribution in [2.45, 2.75) is 6.10 Å². The molecule has 1 atom stereocenters. The number of amides is 1. The third kappa shape index (κ3) is 4.97. The van der Waals surface area contributed by atoms with Crippen LogP contribution in [0.3, 0.4) is 0 Å². The smallest absolute Gasteiger partial charge is 0.334 e. The lowest BCUT2D eigenvalue weighted by atomic mass is 10.2. The Labute approximate surface area is 151 Å². The Morgan fingerprint density at radius 1 is 1.37 bits per heavy atom. The number of carbonyl (C=O) groups is 2. The molecule has 1 aromatic carbocycles. The van der Waals surface area contributed by atoms with Gasteiger partial charge in [0.15, 0.2) is 6.10 Å². The van der Waals surface area contributed by atoms with Crippen molar-refractivity contribution in [3.05, 3.63) is 28.4 Å². The van der Waals surface area contributed by atoms with Crippen LogP contribution >= 0.6 is 67.8 Å². The molecule has 0 fully saturated rings. The van der Waals surface area contributed by atoms with Crippen LogP contribution in [0.4, 0.5) is 0 Å². The lowest BCUT2D eigenvalue weighted by Crippen LogP contribution is -2.38. The highest BCUT2D eigenvalue weighted by Crippen LogP contribution is 2.22. The van der Waals surface area contributed by atoms with Crippen LogP contribution in [0.25, 0.3) is 0 Å². The Balaban J connectivity index is 2.82. The number of carbonyl (C=O) groups excluding carboxylic acids is 1. The molecule has 0 saturated carbocycles. The van der Waals surface area contributed by atoms with Crippen molar-refractivity contribution in [3.8, 4) is 0 Å². The van der Waals surface area contributed by atoms with Gasteiger partial charge in [0.1, 0.15) is 0 Å². The predicted octanol–water partition coefficient (Wildman–Crippen LogP) is 2.33. The highest BCUT2D eigenvalue weighted by Gasteiger charge is 2.19. The van der Waals surface area contributed by atoms with Gasteiger partial charge in [0.25, 0.3) is 5.91 Å². The zero-order valence-corrected chi connectivity index (χ0v) is 16.2. The monoisotopic (exact) mass is 601 g/mol. The van der Waals surface area contributed by atoms with Crippen molar-refractivity contribution < 1.29 is 19.4 Å². The first-order valence-corrected chi connectivity index (χ1v) is 8.28. The Hall–Kier alpha value is 0.310. The zero-order chi connectivity index (χ0) is 14.6. The van der Waals surface area contributed by atoms with E-state index in [0.29, 0.717) is 5.56 Å². The molecule has 0 heterocycles.